The Morgan fingerprint density at radius 1 is 1.00 bits per heavy atom. The number of rotatable bonds is 5. The number of carbonyl (C=O) groups excluding carboxylic acids is 2. The molecular formula is C26H29N5O3. The van der Waals surface area contributed by atoms with Crippen LogP contribution in [0.1, 0.15) is 34.8 Å². The van der Waals surface area contributed by atoms with Crippen LogP contribution in [0.4, 0.5) is 10.5 Å². The van der Waals surface area contributed by atoms with Crippen LogP contribution in [0.25, 0.3) is 0 Å². The second kappa shape index (κ2) is 9.59. The van der Waals surface area contributed by atoms with E-state index in [0.29, 0.717) is 37.8 Å². The molecule has 2 aliphatic rings. The Morgan fingerprint density at radius 3 is 2.41 bits per heavy atom. The molecule has 176 valence electrons. The van der Waals surface area contributed by atoms with Crippen LogP contribution in [0.15, 0.2) is 67.1 Å². The van der Waals surface area contributed by atoms with E-state index in [2.05, 4.69) is 16.4 Å². The van der Waals surface area contributed by atoms with Crippen LogP contribution in [0, 0.1) is 0 Å². The van der Waals surface area contributed by atoms with E-state index < -0.39 is 0 Å². The molecule has 8 heteroatoms. The fraction of sp³-hybridized carbons (Fsp3) is 0.346. The normalized spacial score (nSPS) is 16.7. The quantitative estimate of drug-likeness (QED) is 0.631. The number of aryl methyl sites for hydroxylation is 1. The summed E-state index contributed by atoms with van der Waals surface area (Å²) in [6, 6.07) is 15.1. The van der Waals surface area contributed by atoms with E-state index in [0.717, 1.165) is 24.3 Å². The highest BCUT2D eigenvalue weighted by Gasteiger charge is 2.32. The number of benzene rings is 1. The fourth-order valence-electron chi connectivity index (χ4n) is 4.51. The summed E-state index contributed by atoms with van der Waals surface area (Å²) in [6.45, 7) is 2.76. The molecule has 2 fully saturated rings. The van der Waals surface area contributed by atoms with Gasteiger partial charge in [-0.25, -0.2) is 4.79 Å². The van der Waals surface area contributed by atoms with Crippen molar-refractivity contribution < 1.29 is 14.3 Å². The van der Waals surface area contributed by atoms with Gasteiger partial charge < -0.3 is 24.4 Å². The average molecular weight is 460 g/mol. The minimum Gasteiger partial charge on any atom is -0.490 e. The Morgan fingerprint density at radius 2 is 1.76 bits per heavy atom. The second-order valence-electron chi connectivity index (χ2n) is 8.96. The van der Waals surface area contributed by atoms with Crippen molar-refractivity contribution >= 4 is 17.6 Å². The molecule has 0 atom stereocenters. The van der Waals surface area contributed by atoms with Crippen LogP contribution in [0.2, 0.25) is 0 Å². The first-order valence-corrected chi connectivity index (χ1v) is 11.7. The molecule has 3 aromatic rings. The van der Waals surface area contributed by atoms with Gasteiger partial charge in [-0.3, -0.25) is 9.78 Å². The number of likely N-dealkylation sites (tertiary alicyclic amines) is 2. The van der Waals surface area contributed by atoms with Crippen LogP contribution < -0.4 is 10.1 Å². The molecular weight excluding hydrogens is 430 g/mol. The Kier molecular flexibility index (Phi) is 6.20. The minimum absolute atomic E-state index is 0.0694. The number of hydrogen-bond acceptors (Lipinski definition) is 4. The van der Waals surface area contributed by atoms with Gasteiger partial charge in [0.2, 0.25) is 0 Å². The highest BCUT2D eigenvalue weighted by molar-refractivity contribution is 5.92. The predicted molar refractivity (Wildman–Crippen MR) is 129 cm³/mol. The van der Waals surface area contributed by atoms with Gasteiger partial charge in [0.05, 0.1) is 0 Å². The Labute approximate surface area is 199 Å². The van der Waals surface area contributed by atoms with Crippen LogP contribution >= 0.6 is 0 Å². The lowest BCUT2D eigenvalue weighted by Gasteiger charge is -2.39. The summed E-state index contributed by atoms with van der Waals surface area (Å²) in [5, 5.41) is 2.95. The third kappa shape index (κ3) is 4.76. The lowest BCUT2D eigenvalue weighted by molar-refractivity contribution is 0.0587. The summed E-state index contributed by atoms with van der Waals surface area (Å²) >= 11 is 0. The first-order chi connectivity index (χ1) is 16.6. The van der Waals surface area contributed by atoms with Gasteiger partial charge in [-0.05, 0) is 48.0 Å². The molecule has 0 aliphatic carbocycles. The first kappa shape index (κ1) is 22.0. The standard InChI is InChI=1S/C26H29N5O3/c1-29-13-3-5-24(29)25(32)30-14-10-23(11-15-30)34-22-8-6-21(7-9-22)28-26(33)31-17-20(18-31)19-4-2-12-27-16-19/h2-9,12-13,16,20,23H,10-11,14-15,17-18H2,1H3,(H,28,33). The molecule has 1 aromatic carbocycles. The van der Waals surface area contributed by atoms with E-state index in [1.807, 2.05) is 71.4 Å². The topological polar surface area (TPSA) is 79.7 Å². The Bertz CT molecular complexity index is 1130. The third-order valence-electron chi connectivity index (χ3n) is 6.62. The summed E-state index contributed by atoms with van der Waals surface area (Å²) in [5.41, 5.74) is 2.62. The number of hydrogen-bond donors (Lipinski definition) is 1. The molecule has 2 aromatic heterocycles. The monoisotopic (exact) mass is 459 g/mol. The summed E-state index contributed by atoms with van der Waals surface area (Å²) in [6.07, 6.45) is 7.17. The van der Waals surface area contributed by atoms with E-state index in [1.54, 1.807) is 11.1 Å². The molecule has 3 amide bonds. The molecule has 5 rings (SSSR count). The molecule has 4 heterocycles. The number of nitrogens with one attached hydrogen (secondary N) is 1. The van der Waals surface area contributed by atoms with Crippen molar-refractivity contribution in [3.63, 3.8) is 0 Å². The number of urea groups is 1. The van der Waals surface area contributed by atoms with Crippen molar-refractivity contribution in [2.24, 2.45) is 7.05 Å². The van der Waals surface area contributed by atoms with Crippen LogP contribution in [-0.2, 0) is 7.05 Å². The highest BCUT2D eigenvalue weighted by Crippen LogP contribution is 2.27. The molecule has 0 unspecified atom stereocenters. The van der Waals surface area contributed by atoms with E-state index in [4.69, 9.17) is 4.74 Å². The molecule has 34 heavy (non-hydrogen) atoms. The Balaban J connectivity index is 1.07. The van der Waals surface area contributed by atoms with Gasteiger partial charge in [-0.2, -0.15) is 0 Å². The number of carbonyl (C=O) groups is 2. The van der Waals surface area contributed by atoms with Crippen molar-refractivity contribution in [3.05, 3.63) is 78.4 Å². The van der Waals surface area contributed by atoms with Crippen molar-refractivity contribution in [2.45, 2.75) is 24.9 Å². The number of anilines is 1. The number of amides is 3. The van der Waals surface area contributed by atoms with E-state index in [9.17, 15) is 9.59 Å². The maximum absolute atomic E-state index is 12.7. The summed E-state index contributed by atoms with van der Waals surface area (Å²) < 4.78 is 7.98. The van der Waals surface area contributed by atoms with Crippen molar-refractivity contribution in [3.8, 4) is 5.75 Å². The number of ether oxygens (including phenoxy) is 1. The molecule has 2 aliphatic heterocycles. The zero-order chi connectivity index (χ0) is 23.5. The fourth-order valence-corrected chi connectivity index (χ4v) is 4.51. The minimum atomic E-state index is -0.0935. The lowest BCUT2D eigenvalue weighted by Crippen LogP contribution is -2.50. The van der Waals surface area contributed by atoms with E-state index in [-0.39, 0.29) is 18.0 Å². The van der Waals surface area contributed by atoms with Crippen LogP contribution in [0.3, 0.4) is 0 Å². The predicted octanol–water partition coefficient (Wildman–Crippen LogP) is 3.74. The number of piperidine rings is 1. The summed E-state index contributed by atoms with van der Waals surface area (Å²) in [7, 11) is 1.89. The molecule has 0 bridgehead atoms. The van der Waals surface area contributed by atoms with Gasteiger partial charge in [0, 0.05) is 76.3 Å². The molecule has 0 radical (unpaired) electrons. The summed E-state index contributed by atoms with van der Waals surface area (Å²) in [4.78, 5) is 33.0. The first-order valence-electron chi connectivity index (χ1n) is 11.7. The third-order valence-corrected chi connectivity index (χ3v) is 6.62. The number of pyridine rings is 1. The van der Waals surface area contributed by atoms with Gasteiger partial charge in [0.1, 0.15) is 17.5 Å². The molecule has 0 saturated carbocycles. The summed E-state index contributed by atoms with van der Waals surface area (Å²) in [5.74, 6) is 1.19. The molecule has 2 saturated heterocycles. The van der Waals surface area contributed by atoms with Crippen molar-refractivity contribution in [2.75, 3.05) is 31.5 Å². The van der Waals surface area contributed by atoms with Gasteiger partial charge in [-0.1, -0.05) is 6.07 Å². The zero-order valence-corrected chi connectivity index (χ0v) is 19.3. The average Bonchev–Trinajstić information content (AvgIpc) is 3.26. The second-order valence-corrected chi connectivity index (χ2v) is 8.96. The molecule has 1 N–H and O–H groups in total. The SMILES string of the molecule is Cn1cccc1C(=O)N1CCC(Oc2ccc(NC(=O)N3CC(c4cccnc4)C3)cc2)CC1. The highest BCUT2D eigenvalue weighted by atomic mass is 16.5. The van der Waals surface area contributed by atoms with Gasteiger partial charge >= 0.3 is 6.03 Å². The molecule has 0 spiro atoms. The van der Waals surface area contributed by atoms with Crippen molar-refractivity contribution in [1.82, 2.24) is 19.4 Å². The smallest absolute Gasteiger partial charge is 0.321 e. The van der Waals surface area contributed by atoms with Gasteiger partial charge in [-0.15, -0.1) is 0 Å². The maximum atomic E-state index is 12.7. The molecule has 8 nitrogen and oxygen atoms in total. The largest absolute Gasteiger partial charge is 0.490 e. The van der Waals surface area contributed by atoms with Crippen LogP contribution in [-0.4, -0.2) is 63.6 Å². The van der Waals surface area contributed by atoms with Gasteiger partial charge in [0.15, 0.2) is 0 Å². The van der Waals surface area contributed by atoms with Gasteiger partial charge in [0.25, 0.3) is 5.91 Å². The number of nitrogens with zero attached hydrogens (tertiary/aromatic N) is 4. The zero-order valence-electron chi connectivity index (χ0n) is 19.3. The van der Waals surface area contributed by atoms with E-state index in [1.165, 1.54) is 5.56 Å². The van der Waals surface area contributed by atoms with Crippen LogP contribution in [0.5, 0.6) is 5.75 Å². The van der Waals surface area contributed by atoms with Crippen molar-refractivity contribution in [1.29, 1.82) is 0 Å². The number of aromatic nitrogens is 2. The lowest BCUT2D eigenvalue weighted by atomic mass is 9.93. The van der Waals surface area contributed by atoms with E-state index >= 15 is 0 Å². The Hall–Kier alpha value is -3.81. The maximum Gasteiger partial charge on any atom is 0.321 e.